The maximum absolute atomic E-state index is 11.3. The molecule has 0 aliphatic rings. The molecule has 0 aliphatic carbocycles. The van der Waals surface area contributed by atoms with Crippen LogP contribution < -0.4 is 10.0 Å². The van der Waals surface area contributed by atoms with Crippen molar-refractivity contribution in [1.29, 1.82) is 5.26 Å². The van der Waals surface area contributed by atoms with E-state index >= 15 is 0 Å². The second-order valence-corrected chi connectivity index (χ2v) is 6.97. The summed E-state index contributed by atoms with van der Waals surface area (Å²) in [6.45, 7) is 5.86. The van der Waals surface area contributed by atoms with Gasteiger partial charge >= 0.3 is 0 Å². The first kappa shape index (κ1) is 15.5. The molecule has 1 aromatic carbocycles. The lowest BCUT2D eigenvalue weighted by Crippen LogP contribution is -2.47. The van der Waals surface area contributed by atoms with Crippen LogP contribution in [0, 0.1) is 18.3 Å². The van der Waals surface area contributed by atoms with Crippen LogP contribution in [0.1, 0.15) is 25.0 Å². The number of nitrogens with one attached hydrogen (secondary N) is 2. The Morgan fingerprint density at radius 2 is 2.00 bits per heavy atom. The number of aryl methyl sites for hydroxylation is 1. The maximum Gasteiger partial charge on any atom is 0.209 e. The average molecular weight is 281 g/mol. The van der Waals surface area contributed by atoms with Gasteiger partial charge in [0.25, 0.3) is 0 Å². The predicted octanol–water partition coefficient (Wildman–Crippen LogP) is 1.61. The normalized spacial score (nSPS) is 11.9. The van der Waals surface area contributed by atoms with E-state index < -0.39 is 15.6 Å². The largest absolute Gasteiger partial charge is 0.382 e. The number of nitrogens with zero attached hydrogens (tertiary/aromatic N) is 1. The average Bonchev–Trinajstić information content (AvgIpc) is 2.23. The van der Waals surface area contributed by atoms with Crippen LogP contribution in [-0.2, 0) is 10.0 Å². The van der Waals surface area contributed by atoms with Crippen LogP contribution in [0.15, 0.2) is 18.2 Å². The summed E-state index contributed by atoms with van der Waals surface area (Å²) in [7, 11) is -3.27. The molecule has 0 amide bonds. The Labute approximate surface area is 114 Å². The highest BCUT2D eigenvalue weighted by molar-refractivity contribution is 7.88. The topological polar surface area (TPSA) is 82.0 Å². The van der Waals surface area contributed by atoms with Crippen LogP contribution in [0.3, 0.4) is 0 Å². The van der Waals surface area contributed by atoms with Gasteiger partial charge in [0.15, 0.2) is 0 Å². The molecular formula is C13H19N3O2S. The fraction of sp³-hybridized carbons (Fsp3) is 0.462. The quantitative estimate of drug-likeness (QED) is 0.859. The zero-order valence-electron chi connectivity index (χ0n) is 11.6. The van der Waals surface area contributed by atoms with E-state index in [0.29, 0.717) is 12.1 Å². The van der Waals surface area contributed by atoms with Gasteiger partial charge in [-0.15, -0.1) is 0 Å². The van der Waals surface area contributed by atoms with Crippen molar-refractivity contribution >= 4 is 15.7 Å². The van der Waals surface area contributed by atoms with Gasteiger partial charge in [-0.25, -0.2) is 13.1 Å². The first-order valence-corrected chi connectivity index (χ1v) is 7.76. The maximum atomic E-state index is 11.3. The molecule has 0 unspecified atom stereocenters. The molecule has 0 bridgehead atoms. The molecule has 1 aromatic rings. The molecule has 0 fully saturated rings. The number of rotatable bonds is 5. The second kappa shape index (κ2) is 5.59. The van der Waals surface area contributed by atoms with E-state index in [2.05, 4.69) is 16.1 Å². The molecule has 19 heavy (non-hydrogen) atoms. The van der Waals surface area contributed by atoms with Crippen molar-refractivity contribution in [3.8, 4) is 6.07 Å². The fourth-order valence-corrected chi connectivity index (χ4v) is 2.92. The second-order valence-electron chi connectivity index (χ2n) is 5.22. The van der Waals surface area contributed by atoms with Crippen LogP contribution in [0.2, 0.25) is 0 Å². The summed E-state index contributed by atoms with van der Waals surface area (Å²) < 4.78 is 25.1. The van der Waals surface area contributed by atoms with Crippen molar-refractivity contribution in [2.75, 3.05) is 18.1 Å². The molecule has 0 atom stereocenters. The predicted molar refractivity (Wildman–Crippen MR) is 76.4 cm³/mol. The summed E-state index contributed by atoms with van der Waals surface area (Å²) in [4.78, 5) is 0. The van der Waals surface area contributed by atoms with Crippen LogP contribution >= 0.6 is 0 Å². The van der Waals surface area contributed by atoms with Gasteiger partial charge in [0.2, 0.25) is 10.0 Å². The van der Waals surface area contributed by atoms with E-state index in [4.69, 9.17) is 5.26 Å². The van der Waals surface area contributed by atoms with Gasteiger partial charge in [-0.3, -0.25) is 0 Å². The third kappa shape index (κ3) is 4.89. The Kier molecular flexibility index (Phi) is 4.56. The summed E-state index contributed by atoms with van der Waals surface area (Å²) in [5.41, 5.74) is 1.61. The highest BCUT2D eigenvalue weighted by atomic mass is 32.2. The molecular weight excluding hydrogens is 262 g/mol. The molecule has 0 aliphatic heterocycles. The van der Waals surface area contributed by atoms with Gasteiger partial charge in [0.05, 0.1) is 17.5 Å². The highest BCUT2D eigenvalue weighted by Gasteiger charge is 2.22. The van der Waals surface area contributed by atoms with Gasteiger partial charge in [-0.05, 0) is 32.4 Å². The molecule has 1 rings (SSSR count). The molecule has 0 saturated heterocycles. The van der Waals surface area contributed by atoms with Gasteiger partial charge in [0.1, 0.15) is 6.07 Å². The molecule has 104 valence electrons. The number of hydrogen-bond donors (Lipinski definition) is 2. The summed E-state index contributed by atoms with van der Waals surface area (Å²) in [6, 6.07) is 7.57. The number of benzene rings is 1. The standard InChI is InChI=1S/C13H19N3O2S/c1-10-6-5-7-11(8-14)12(10)15-9-13(2,3)16-19(4,17)18/h5-7,15-16H,9H2,1-4H3. The van der Waals surface area contributed by atoms with Crippen molar-refractivity contribution < 1.29 is 8.42 Å². The van der Waals surface area contributed by atoms with Crippen molar-refractivity contribution in [3.63, 3.8) is 0 Å². The number of hydrogen-bond acceptors (Lipinski definition) is 4. The minimum absolute atomic E-state index is 0.388. The molecule has 6 heteroatoms. The third-order valence-electron chi connectivity index (χ3n) is 2.56. The SMILES string of the molecule is Cc1cccc(C#N)c1NCC(C)(C)NS(C)(=O)=O. The first-order chi connectivity index (χ1) is 8.64. The van der Waals surface area contributed by atoms with E-state index in [1.54, 1.807) is 19.9 Å². The Bertz CT molecular complexity index is 601. The lowest BCUT2D eigenvalue weighted by Gasteiger charge is -2.26. The first-order valence-electron chi connectivity index (χ1n) is 5.87. The Hall–Kier alpha value is -1.58. The Balaban J connectivity index is 2.86. The van der Waals surface area contributed by atoms with Crippen molar-refractivity contribution in [2.24, 2.45) is 0 Å². The van der Waals surface area contributed by atoms with Gasteiger partial charge < -0.3 is 5.32 Å². The molecule has 0 radical (unpaired) electrons. The van der Waals surface area contributed by atoms with Gasteiger partial charge in [0, 0.05) is 12.1 Å². The van der Waals surface area contributed by atoms with E-state index in [0.717, 1.165) is 17.5 Å². The Morgan fingerprint density at radius 3 is 2.53 bits per heavy atom. The number of para-hydroxylation sites is 1. The van der Waals surface area contributed by atoms with Crippen LogP contribution in [0.5, 0.6) is 0 Å². The summed E-state index contributed by atoms with van der Waals surface area (Å²) >= 11 is 0. The van der Waals surface area contributed by atoms with Crippen LogP contribution in [0.4, 0.5) is 5.69 Å². The lowest BCUT2D eigenvalue weighted by molar-refractivity contribution is 0.476. The highest BCUT2D eigenvalue weighted by Crippen LogP contribution is 2.20. The van der Waals surface area contributed by atoms with Crippen molar-refractivity contribution in [1.82, 2.24) is 4.72 Å². The fourth-order valence-electron chi connectivity index (χ4n) is 1.84. The van der Waals surface area contributed by atoms with Crippen LogP contribution in [-0.4, -0.2) is 26.8 Å². The summed E-state index contributed by atoms with van der Waals surface area (Å²) in [6.07, 6.45) is 1.13. The van der Waals surface area contributed by atoms with E-state index in [1.807, 2.05) is 19.1 Å². The summed E-state index contributed by atoms with van der Waals surface area (Å²) in [5.74, 6) is 0. The zero-order chi connectivity index (χ0) is 14.7. The molecule has 0 saturated carbocycles. The summed E-state index contributed by atoms with van der Waals surface area (Å²) in [5, 5.41) is 12.2. The van der Waals surface area contributed by atoms with Gasteiger partial charge in [-0.2, -0.15) is 5.26 Å². The van der Waals surface area contributed by atoms with Crippen LogP contribution in [0.25, 0.3) is 0 Å². The monoisotopic (exact) mass is 281 g/mol. The van der Waals surface area contributed by atoms with Gasteiger partial charge in [-0.1, -0.05) is 12.1 Å². The molecule has 0 aromatic heterocycles. The number of anilines is 1. The third-order valence-corrected chi connectivity index (χ3v) is 3.49. The zero-order valence-corrected chi connectivity index (χ0v) is 12.4. The lowest BCUT2D eigenvalue weighted by atomic mass is 10.1. The minimum atomic E-state index is -3.27. The molecule has 5 nitrogen and oxygen atoms in total. The number of nitriles is 1. The Morgan fingerprint density at radius 1 is 1.37 bits per heavy atom. The number of sulfonamides is 1. The molecule has 2 N–H and O–H groups in total. The van der Waals surface area contributed by atoms with Crippen molar-refractivity contribution in [2.45, 2.75) is 26.3 Å². The minimum Gasteiger partial charge on any atom is -0.382 e. The molecule has 0 spiro atoms. The molecule has 0 heterocycles. The van der Waals surface area contributed by atoms with E-state index in [1.165, 1.54) is 0 Å². The smallest absolute Gasteiger partial charge is 0.209 e. The van der Waals surface area contributed by atoms with E-state index in [-0.39, 0.29) is 0 Å². The van der Waals surface area contributed by atoms with Crippen molar-refractivity contribution in [3.05, 3.63) is 29.3 Å². The van der Waals surface area contributed by atoms with E-state index in [9.17, 15) is 8.42 Å².